The number of rotatable bonds is 7. The molecule has 0 amide bonds. The summed E-state index contributed by atoms with van der Waals surface area (Å²) in [6.07, 6.45) is 0.332. The largest absolute Gasteiger partial charge is 0.480 e. The lowest BCUT2D eigenvalue weighted by molar-refractivity contribution is -0.136. The van der Waals surface area contributed by atoms with Crippen LogP contribution in [0.4, 0.5) is 0 Å². The van der Waals surface area contributed by atoms with E-state index in [1.807, 2.05) is 27.9 Å². The Morgan fingerprint density at radius 1 is 1.33 bits per heavy atom. The van der Waals surface area contributed by atoms with Gasteiger partial charge in [-0.15, -0.1) is 0 Å². The lowest BCUT2D eigenvalue weighted by atomic mass is 9.97. The number of carbonyl (C=O) groups excluding carboxylic acids is 1. The van der Waals surface area contributed by atoms with Crippen LogP contribution in [0.3, 0.4) is 0 Å². The minimum atomic E-state index is -0.914. The molecule has 5 nitrogen and oxygen atoms in total. The number of carboxylic acids is 1. The van der Waals surface area contributed by atoms with E-state index in [2.05, 4.69) is 5.32 Å². The van der Waals surface area contributed by atoms with Crippen LogP contribution >= 0.6 is 0 Å². The molecule has 0 rings (SSSR count). The average Bonchev–Trinajstić information content (AvgIpc) is 1.98. The van der Waals surface area contributed by atoms with Crippen molar-refractivity contribution in [2.24, 2.45) is 0 Å². The van der Waals surface area contributed by atoms with Crippen LogP contribution in [0.15, 0.2) is 0 Å². The molecular formula is C10H20N2O3. The Hall–Kier alpha value is -0.940. The molecule has 0 fully saturated rings. The number of nitrogens with zero attached hydrogens (tertiary/aromatic N) is 1. The molecular weight excluding hydrogens is 196 g/mol. The predicted molar refractivity (Wildman–Crippen MR) is 57.9 cm³/mol. The van der Waals surface area contributed by atoms with Crippen molar-refractivity contribution in [2.45, 2.75) is 25.8 Å². The number of hydrogen-bond donors (Lipinski definition) is 2. The summed E-state index contributed by atoms with van der Waals surface area (Å²) in [4.78, 5) is 23.6. The van der Waals surface area contributed by atoms with Gasteiger partial charge in [-0.25, -0.2) is 0 Å². The standard InChI is InChI=1S/C10H20N2O3/c1-10(2,11-6-9(14)15)5-8(13)7-12(3)4/h11H,5-7H2,1-4H3,(H,14,15). The lowest BCUT2D eigenvalue weighted by Gasteiger charge is -2.25. The fourth-order valence-corrected chi connectivity index (χ4v) is 1.28. The SMILES string of the molecule is CN(C)CC(=O)CC(C)(C)NCC(=O)O. The van der Waals surface area contributed by atoms with Crippen LogP contribution in [-0.4, -0.2) is 54.5 Å². The Bertz CT molecular complexity index is 237. The van der Waals surface area contributed by atoms with Crippen LogP contribution in [0.2, 0.25) is 0 Å². The zero-order chi connectivity index (χ0) is 12.1. The second kappa shape index (κ2) is 5.82. The molecule has 0 aromatic rings. The second-order valence-electron chi connectivity index (χ2n) is 4.58. The monoisotopic (exact) mass is 216 g/mol. The molecule has 0 heterocycles. The molecule has 0 aliphatic carbocycles. The molecule has 0 saturated heterocycles. The summed E-state index contributed by atoms with van der Waals surface area (Å²) >= 11 is 0. The maximum Gasteiger partial charge on any atom is 0.317 e. The van der Waals surface area contributed by atoms with Gasteiger partial charge in [0.05, 0.1) is 13.1 Å². The molecule has 0 spiro atoms. The number of carboxylic acid groups (broad SMARTS) is 1. The second-order valence-corrected chi connectivity index (χ2v) is 4.58. The van der Waals surface area contributed by atoms with Gasteiger partial charge in [0.1, 0.15) is 5.78 Å². The Labute approximate surface area is 90.5 Å². The van der Waals surface area contributed by atoms with Gasteiger partial charge in [0.25, 0.3) is 0 Å². The van der Waals surface area contributed by atoms with E-state index in [0.717, 1.165) is 0 Å². The fourth-order valence-electron chi connectivity index (χ4n) is 1.28. The van der Waals surface area contributed by atoms with E-state index in [1.54, 1.807) is 4.90 Å². The molecule has 2 N–H and O–H groups in total. The highest BCUT2D eigenvalue weighted by Gasteiger charge is 2.22. The minimum absolute atomic E-state index is 0.0999. The summed E-state index contributed by atoms with van der Waals surface area (Å²) in [7, 11) is 3.66. The molecule has 0 radical (unpaired) electrons. The lowest BCUT2D eigenvalue weighted by Crippen LogP contribution is -2.44. The molecule has 0 aromatic heterocycles. The van der Waals surface area contributed by atoms with Gasteiger partial charge in [0, 0.05) is 12.0 Å². The van der Waals surface area contributed by atoms with E-state index in [9.17, 15) is 9.59 Å². The molecule has 5 heteroatoms. The third-order valence-electron chi connectivity index (χ3n) is 1.85. The first-order valence-electron chi connectivity index (χ1n) is 4.86. The minimum Gasteiger partial charge on any atom is -0.480 e. The third kappa shape index (κ3) is 8.08. The first kappa shape index (κ1) is 14.1. The van der Waals surface area contributed by atoms with Crippen LogP contribution in [0.25, 0.3) is 0 Å². The zero-order valence-electron chi connectivity index (χ0n) is 9.83. The van der Waals surface area contributed by atoms with Crippen LogP contribution in [-0.2, 0) is 9.59 Å². The highest BCUT2D eigenvalue weighted by Crippen LogP contribution is 2.08. The Balaban J connectivity index is 4.01. The Morgan fingerprint density at radius 2 is 1.87 bits per heavy atom. The molecule has 0 unspecified atom stereocenters. The topological polar surface area (TPSA) is 69.6 Å². The van der Waals surface area contributed by atoms with Gasteiger partial charge < -0.3 is 15.3 Å². The van der Waals surface area contributed by atoms with Crippen LogP contribution in [0, 0.1) is 0 Å². The van der Waals surface area contributed by atoms with Crippen molar-refractivity contribution in [1.29, 1.82) is 0 Å². The molecule has 0 aromatic carbocycles. The number of nitrogens with one attached hydrogen (secondary N) is 1. The number of carbonyl (C=O) groups is 2. The van der Waals surface area contributed by atoms with Gasteiger partial charge >= 0.3 is 5.97 Å². The number of hydrogen-bond acceptors (Lipinski definition) is 4. The van der Waals surface area contributed by atoms with E-state index < -0.39 is 11.5 Å². The summed E-state index contributed by atoms with van der Waals surface area (Å²) in [5.41, 5.74) is -0.467. The van der Waals surface area contributed by atoms with Crippen LogP contribution in [0.1, 0.15) is 20.3 Å². The molecule has 0 bridgehead atoms. The Kier molecular flexibility index (Phi) is 5.46. The van der Waals surface area contributed by atoms with E-state index in [4.69, 9.17) is 5.11 Å². The predicted octanol–water partition coefficient (Wildman–Crippen LogP) is -0.0400. The van der Waals surface area contributed by atoms with Gasteiger partial charge in [-0.05, 0) is 27.9 Å². The van der Waals surface area contributed by atoms with Gasteiger partial charge in [0.15, 0.2) is 0 Å². The quantitative estimate of drug-likeness (QED) is 0.625. The molecule has 0 saturated carbocycles. The molecule has 88 valence electrons. The first-order valence-corrected chi connectivity index (χ1v) is 4.86. The van der Waals surface area contributed by atoms with E-state index in [-0.39, 0.29) is 12.3 Å². The number of ketones is 1. The summed E-state index contributed by atoms with van der Waals surface area (Å²) in [5.74, 6) is -0.814. The Morgan fingerprint density at radius 3 is 2.27 bits per heavy atom. The fraction of sp³-hybridized carbons (Fsp3) is 0.800. The maximum atomic E-state index is 11.5. The van der Waals surface area contributed by atoms with Crippen molar-refractivity contribution in [2.75, 3.05) is 27.2 Å². The van der Waals surface area contributed by atoms with Crippen molar-refractivity contribution in [1.82, 2.24) is 10.2 Å². The van der Waals surface area contributed by atoms with Crippen molar-refractivity contribution < 1.29 is 14.7 Å². The zero-order valence-corrected chi connectivity index (χ0v) is 9.83. The van der Waals surface area contributed by atoms with Crippen LogP contribution < -0.4 is 5.32 Å². The van der Waals surface area contributed by atoms with Gasteiger partial charge in [-0.3, -0.25) is 9.59 Å². The molecule has 15 heavy (non-hydrogen) atoms. The van der Waals surface area contributed by atoms with Crippen molar-refractivity contribution in [3.8, 4) is 0 Å². The summed E-state index contributed by atoms with van der Waals surface area (Å²) in [5, 5.41) is 11.3. The van der Waals surface area contributed by atoms with Gasteiger partial charge in [0.2, 0.25) is 0 Å². The first-order chi connectivity index (χ1) is 6.73. The summed E-state index contributed by atoms with van der Waals surface area (Å²) < 4.78 is 0. The highest BCUT2D eigenvalue weighted by molar-refractivity contribution is 5.81. The molecule has 0 aliphatic rings. The normalized spacial score (nSPS) is 11.8. The summed E-state index contributed by atoms with van der Waals surface area (Å²) in [6.45, 7) is 3.91. The van der Waals surface area contributed by atoms with Crippen molar-refractivity contribution >= 4 is 11.8 Å². The smallest absolute Gasteiger partial charge is 0.317 e. The number of likely N-dealkylation sites (N-methyl/N-ethyl adjacent to an activating group) is 1. The average molecular weight is 216 g/mol. The van der Waals surface area contributed by atoms with Gasteiger partial charge in [-0.2, -0.15) is 0 Å². The number of Topliss-reactive ketones (excluding diaryl/α,β-unsaturated/α-hetero) is 1. The third-order valence-corrected chi connectivity index (χ3v) is 1.85. The van der Waals surface area contributed by atoms with Gasteiger partial charge in [-0.1, -0.05) is 0 Å². The van der Waals surface area contributed by atoms with E-state index >= 15 is 0 Å². The highest BCUT2D eigenvalue weighted by atomic mass is 16.4. The van der Waals surface area contributed by atoms with Crippen molar-refractivity contribution in [3.63, 3.8) is 0 Å². The summed E-state index contributed by atoms with van der Waals surface area (Å²) in [6, 6.07) is 0. The van der Waals surface area contributed by atoms with E-state index in [1.165, 1.54) is 0 Å². The van der Waals surface area contributed by atoms with Crippen molar-refractivity contribution in [3.05, 3.63) is 0 Å². The maximum absolute atomic E-state index is 11.5. The number of aliphatic carboxylic acids is 1. The molecule has 0 atom stereocenters. The van der Waals surface area contributed by atoms with E-state index in [0.29, 0.717) is 13.0 Å². The molecule has 0 aliphatic heterocycles. The van der Waals surface area contributed by atoms with Crippen LogP contribution in [0.5, 0.6) is 0 Å².